The van der Waals surface area contributed by atoms with Crippen molar-refractivity contribution < 1.29 is 14.8 Å². The van der Waals surface area contributed by atoms with Crippen LogP contribution in [0.25, 0.3) is 12.2 Å². The molecule has 0 saturated heterocycles. The maximum Gasteiger partial charge on any atom is 0.395 e. The van der Waals surface area contributed by atoms with Crippen LogP contribution in [0.1, 0.15) is 17.0 Å². The van der Waals surface area contributed by atoms with E-state index < -0.39 is 22.0 Å². The topological polar surface area (TPSA) is 118 Å². The second-order valence-corrected chi connectivity index (χ2v) is 7.05. The monoisotopic (exact) mass is 477 g/mol. The molecule has 8 nitrogen and oxygen atoms in total. The number of nitrogens with zero attached hydrogens (tertiary/aromatic N) is 2. The van der Waals surface area contributed by atoms with Crippen LogP contribution in [0.4, 0.5) is 5.69 Å². The van der Waals surface area contributed by atoms with Crippen LogP contribution in [-0.4, -0.2) is 20.0 Å². The fraction of sp³-hybridized carbons (Fsp3) is 0.0526. The van der Waals surface area contributed by atoms with Crippen LogP contribution in [0.2, 0.25) is 5.02 Å². The normalized spacial score (nSPS) is 11.0. The van der Waals surface area contributed by atoms with Crippen molar-refractivity contribution in [2.24, 2.45) is 0 Å². The highest BCUT2D eigenvalue weighted by molar-refractivity contribution is 9.10. The van der Waals surface area contributed by atoms with E-state index in [4.69, 9.17) is 16.3 Å². The van der Waals surface area contributed by atoms with Crippen LogP contribution in [-0.2, 0) is 6.61 Å². The molecule has 0 unspecified atom stereocenters. The number of halogens is 2. The number of aromatic amines is 1. The van der Waals surface area contributed by atoms with Gasteiger partial charge in [0.05, 0.1) is 9.40 Å². The van der Waals surface area contributed by atoms with Crippen molar-refractivity contribution in [3.8, 4) is 11.6 Å². The molecule has 0 amide bonds. The average molecular weight is 479 g/mol. The van der Waals surface area contributed by atoms with Gasteiger partial charge in [0.25, 0.3) is 5.88 Å². The quantitative estimate of drug-likeness (QED) is 0.396. The summed E-state index contributed by atoms with van der Waals surface area (Å²) < 4.78 is 6.47. The number of aromatic hydroxyl groups is 1. The average Bonchev–Trinajstić information content (AvgIpc) is 2.66. The van der Waals surface area contributed by atoms with Gasteiger partial charge in [-0.3, -0.25) is 14.9 Å². The predicted octanol–water partition coefficient (Wildman–Crippen LogP) is 4.55. The van der Waals surface area contributed by atoms with Crippen molar-refractivity contribution in [2.45, 2.75) is 6.61 Å². The molecule has 2 aromatic carbocycles. The van der Waals surface area contributed by atoms with Crippen LogP contribution in [0.15, 0.2) is 51.7 Å². The highest BCUT2D eigenvalue weighted by Gasteiger charge is 2.21. The van der Waals surface area contributed by atoms with Crippen LogP contribution in [0.3, 0.4) is 0 Å². The lowest BCUT2D eigenvalue weighted by Gasteiger charge is -2.10. The zero-order valence-corrected chi connectivity index (χ0v) is 17.0. The summed E-state index contributed by atoms with van der Waals surface area (Å²) in [5.74, 6) is -0.349. The van der Waals surface area contributed by atoms with Gasteiger partial charge in [0.15, 0.2) is 0 Å². The van der Waals surface area contributed by atoms with Crippen LogP contribution in [0, 0.1) is 10.1 Å². The minimum atomic E-state index is -1.04. The summed E-state index contributed by atoms with van der Waals surface area (Å²) in [7, 11) is 0. The Labute approximate surface area is 177 Å². The van der Waals surface area contributed by atoms with Gasteiger partial charge in [0, 0.05) is 10.6 Å². The Morgan fingerprint density at radius 3 is 2.69 bits per heavy atom. The third-order valence-electron chi connectivity index (χ3n) is 3.81. The minimum Gasteiger partial charge on any atom is -0.488 e. The largest absolute Gasteiger partial charge is 0.488 e. The molecule has 0 atom stereocenters. The standard InChI is InChI=1S/C19H13BrClN3O5/c20-13-9-11(5-7-15(13)29-10-12-3-1-2-4-14(12)21)6-8-16-22-18(25)17(24(27)28)19(26)23-16/h1-9H,10H2,(H2,22,23,25,26)/b8-6+. The van der Waals surface area contributed by atoms with Crippen LogP contribution >= 0.6 is 27.5 Å². The van der Waals surface area contributed by atoms with Gasteiger partial charge in [0.2, 0.25) is 0 Å². The SMILES string of the molecule is O=c1[nH]c(/C=C/c2ccc(OCc3ccccc3Cl)c(Br)c2)nc(O)c1[N+](=O)[O-]. The van der Waals surface area contributed by atoms with Gasteiger partial charge in [-0.15, -0.1) is 0 Å². The summed E-state index contributed by atoms with van der Waals surface area (Å²) in [4.78, 5) is 27.2. The molecule has 0 saturated carbocycles. The number of nitrogens with one attached hydrogen (secondary N) is 1. The van der Waals surface area contributed by atoms with E-state index >= 15 is 0 Å². The maximum atomic E-state index is 11.7. The molecule has 1 heterocycles. The molecular weight excluding hydrogens is 466 g/mol. The molecular formula is C19H13BrClN3O5. The Kier molecular flexibility index (Phi) is 6.30. The molecule has 0 aliphatic rings. The molecule has 1 aromatic heterocycles. The predicted molar refractivity (Wildman–Crippen MR) is 112 cm³/mol. The first-order valence-electron chi connectivity index (χ1n) is 8.16. The van der Waals surface area contributed by atoms with E-state index in [1.807, 2.05) is 18.2 Å². The van der Waals surface area contributed by atoms with Gasteiger partial charge in [-0.05, 0) is 45.8 Å². The number of rotatable bonds is 6. The summed E-state index contributed by atoms with van der Waals surface area (Å²) in [6.07, 6.45) is 3.03. The van der Waals surface area contributed by atoms with Gasteiger partial charge in [0.1, 0.15) is 18.2 Å². The molecule has 29 heavy (non-hydrogen) atoms. The van der Waals surface area contributed by atoms with E-state index in [0.29, 0.717) is 21.9 Å². The van der Waals surface area contributed by atoms with E-state index in [1.165, 1.54) is 6.08 Å². The van der Waals surface area contributed by atoms with E-state index in [-0.39, 0.29) is 5.82 Å². The summed E-state index contributed by atoms with van der Waals surface area (Å²) >= 11 is 9.55. The molecule has 3 aromatic rings. The summed E-state index contributed by atoms with van der Waals surface area (Å²) in [6, 6.07) is 12.7. The van der Waals surface area contributed by atoms with Crippen LogP contribution < -0.4 is 10.3 Å². The summed E-state index contributed by atoms with van der Waals surface area (Å²) in [5.41, 5.74) is -0.433. The first-order chi connectivity index (χ1) is 13.8. The molecule has 10 heteroatoms. The number of aromatic nitrogens is 2. The Balaban J connectivity index is 1.74. The van der Waals surface area contributed by atoms with Crippen molar-refractivity contribution in [2.75, 3.05) is 0 Å². The first kappa shape index (κ1) is 20.6. The number of hydrogen-bond donors (Lipinski definition) is 2. The lowest BCUT2D eigenvalue weighted by atomic mass is 10.2. The number of ether oxygens (including phenoxy) is 1. The van der Waals surface area contributed by atoms with Gasteiger partial charge in [-0.2, -0.15) is 4.98 Å². The molecule has 148 valence electrons. The molecule has 2 N–H and O–H groups in total. The molecule has 3 rings (SSSR count). The van der Waals surface area contributed by atoms with Crippen molar-refractivity contribution >= 4 is 45.4 Å². The van der Waals surface area contributed by atoms with Gasteiger partial charge < -0.3 is 14.8 Å². The van der Waals surface area contributed by atoms with Crippen molar-refractivity contribution in [1.82, 2.24) is 9.97 Å². The Morgan fingerprint density at radius 2 is 2.03 bits per heavy atom. The molecule has 0 bridgehead atoms. The maximum absolute atomic E-state index is 11.7. The van der Waals surface area contributed by atoms with Gasteiger partial charge in [-0.1, -0.05) is 41.9 Å². The Bertz CT molecular complexity index is 1160. The number of H-pyrrole nitrogens is 1. The number of nitro groups is 1. The van der Waals surface area contributed by atoms with E-state index in [0.717, 1.165) is 11.1 Å². The first-order valence-corrected chi connectivity index (χ1v) is 9.34. The molecule has 0 aliphatic carbocycles. The molecule has 0 radical (unpaired) electrons. The fourth-order valence-electron chi connectivity index (χ4n) is 2.40. The van der Waals surface area contributed by atoms with E-state index in [2.05, 4.69) is 25.9 Å². The second kappa shape index (κ2) is 8.89. The Hall–Kier alpha value is -3.17. The lowest BCUT2D eigenvalue weighted by Crippen LogP contribution is -2.14. The molecule has 0 fully saturated rings. The van der Waals surface area contributed by atoms with Gasteiger partial charge in [-0.25, -0.2) is 0 Å². The molecule has 0 aliphatic heterocycles. The van der Waals surface area contributed by atoms with Crippen molar-refractivity contribution in [3.63, 3.8) is 0 Å². The second-order valence-electron chi connectivity index (χ2n) is 5.78. The van der Waals surface area contributed by atoms with Crippen LogP contribution in [0.5, 0.6) is 11.6 Å². The van der Waals surface area contributed by atoms with E-state index in [9.17, 15) is 20.0 Å². The van der Waals surface area contributed by atoms with E-state index in [1.54, 1.807) is 30.3 Å². The summed E-state index contributed by atoms with van der Waals surface area (Å²) in [6.45, 7) is 0.306. The minimum absolute atomic E-state index is 0.0201. The van der Waals surface area contributed by atoms with Gasteiger partial charge >= 0.3 is 11.2 Å². The number of benzene rings is 2. The Morgan fingerprint density at radius 1 is 1.28 bits per heavy atom. The zero-order chi connectivity index (χ0) is 21.0. The van der Waals surface area contributed by atoms with Crippen molar-refractivity contribution in [3.05, 3.63) is 89.4 Å². The third kappa shape index (κ3) is 5.01. The van der Waals surface area contributed by atoms with Crippen molar-refractivity contribution in [1.29, 1.82) is 0 Å². The summed E-state index contributed by atoms with van der Waals surface area (Å²) in [5, 5.41) is 20.9. The number of hydrogen-bond acceptors (Lipinski definition) is 6. The molecule has 0 spiro atoms. The lowest BCUT2D eigenvalue weighted by molar-refractivity contribution is -0.387. The third-order valence-corrected chi connectivity index (χ3v) is 4.80. The smallest absolute Gasteiger partial charge is 0.395 e. The highest BCUT2D eigenvalue weighted by Crippen LogP contribution is 2.28. The fourth-order valence-corrected chi connectivity index (χ4v) is 3.10. The highest BCUT2D eigenvalue weighted by atomic mass is 79.9. The zero-order valence-electron chi connectivity index (χ0n) is 14.6.